The second-order valence-corrected chi connectivity index (χ2v) is 7.77. The number of hydrogen-bond donors (Lipinski definition) is 2. The number of rotatable bonds is 2. The van der Waals surface area contributed by atoms with Gasteiger partial charge in [-0.2, -0.15) is 0 Å². The maximum Gasteiger partial charge on any atom is 0.154 e. The van der Waals surface area contributed by atoms with Crippen molar-refractivity contribution in [1.29, 1.82) is 0 Å². The predicted octanol–water partition coefficient (Wildman–Crippen LogP) is 6.05. The van der Waals surface area contributed by atoms with Crippen molar-refractivity contribution in [2.24, 2.45) is 0 Å². The third-order valence-electron chi connectivity index (χ3n) is 5.56. The number of aromatic nitrogens is 4. The van der Waals surface area contributed by atoms with Crippen molar-refractivity contribution in [2.45, 2.75) is 0 Å². The zero-order valence-electron chi connectivity index (χ0n) is 17.8. The number of fused-ring (bicyclic) bond motifs is 8. The summed E-state index contributed by atoms with van der Waals surface area (Å²) in [5.41, 5.74) is 9.36. The number of nitrogens with zero attached hydrogens (tertiary/aromatic N) is 2. The Hall–Kier alpha value is -3.89. The minimum Gasteiger partial charge on any atom is -0.494 e. The van der Waals surface area contributed by atoms with E-state index in [1.807, 2.05) is 54.6 Å². The van der Waals surface area contributed by atoms with E-state index < -0.39 is 0 Å². The summed E-state index contributed by atoms with van der Waals surface area (Å²) in [6.07, 6.45) is 4.02. The van der Waals surface area contributed by atoms with Crippen molar-refractivity contribution in [3.05, 3.63) is 107 Å². The average molecular weight is 475 g/mol. The molecule has 33 heavy (non-hydrogen) atoms. The standard InChI is InChI=1S/C27H20N4O.Ni/c1-32-27-25-16-23-12-10-21(30-23)14-19-8-7-18(28-19)13-20-9-11-22(29-20)15-24(31-25)26(27)17-5-3-2-4-6-17;/h2-16,28,30H,1H3;. The molecule has 6 rings (SSSR count). The fourth-order valence-corrected chi connectivity index (χ4v) is 4.14. The van der Waals surface area contributed by atoms with E-state index in [1.54, 1.807) is 7.11 Å². The summed E-state index contributed by atoms with van der Waals surface area (Å²) in [4.78, 5) is 16.6. The van der Waals surface area contributed by atoms with Gasteiger partial charge in [0.05, 0.1) is 29.8 Å². The van der Waals surface area contributed by atoms with Crippen LogP contribution in [0.3, 0.4) is 0 Å². The molecule has 0 radical (unpaired) electrons. The number of nitrogens with one attached hydrogen (secondary N) is 2. The Labute approximate surface area is 200 Å². The van der Waals surface area contributed by atoms with E-state index in [-0.39, 0.29) is 16.5 Å². The van der Waals surface area contributed by atoms with E-state index in [0.717, 1.165) is 61.7 Å². The van der Waals surface area contributed by atoms with Gasteiger partial charge in [-0.05, 0) is 66.2 Å². The fourth-order valence-electron chi connectivity index (χ4n) is 4.14. The summed E-state index contributed by atoms with van der Waals surface area (Å²) in [5, 5.41) is 0. The molecule has 8 bridgehead atoms. The number of H-pyrrole nitrogens is 2. The van der Waals surface area contributed by atoms with E-state index in [9.17, 15) is 0 Å². The maximum absolute atomic E-state index is 5.86. The molecule has 0 unspecified atom stereocenters. The van der Waals surface area contributed by atoms with Crippen LogP contribution in [0.1, 0.15) is 28.3 Å². The number of methoxy groups -OCH3 is 1. The topological polar surface area (TPSA) is 66.6 Å². The van der Waals surface area contributed by atoms with Crippen molar-refractivity contribution in [3.63, 3.8) is 0 Å². The van der Waals surface area contributed by atoms with Gasteiger partial charge in [-0.3, -0.25) is 0 Å². The molecule has 4 aromatic rings. The molecule has 0 fully saturated rings. The van der Waals surface area contributed by atoms with Crippen LogP contribution in [0, 0.1) is 0 Å². The second-order valence-electron chi connectivity index (χ2n) is 7.77. The summed E-state index contributed by atoms with van der Waals surface area (Å²) in [7, 11) is 1.69. The second kappa shape index (κ2) is 8.57. The number of hydrogen-bond acceptors (Lipinski definition) is 3. The van der Waals surface area contributed by atoms with Gasteiger partial charge in [0.25, 0.3) is 0 Å². The van der Waals surface area contributed by atoms with Gasteiger partial charge in [0.2, 0.25) is 0 Å². The van der Waals surface area contributed by atoms with Gasteiger partial charge in [0, 0.05) is 38.6 Å². The zero-order chi connectivity index (χ0) is 21.5. The number of benzene rings is 1. The van der Waals surface area contributed by atoms with E-state index in [2.05, 4.69) is 46.4 Å². The van der Waals surface area contributed by atoms with Crippen LogP contribution in [-0.2, 0) is 21.2 Å². The van der Waals surface area contributed by atoms with Gasteiger partial charge in [-0.15, -0.1) is 0 Å². The molecule has 0 spiro atoms. The van der Waals surface area contributed by atoms with Gasteiger partial charge in [-0.1, -0.05) is 30.3 Å². The third kappa shape index (κ3) is 4.01. The molecule has 2 aliphatic rings. The predicted molar refractivity (Wildman–Crippen MR) is 129 cm³/mol. The molecular weight excluding hydrogens is 455 g/mol. The molecule has 2 N–H and O–H groups in total. The average Bonchev–Trinajstić information content (AvgIpc) is 3.58. The number of ether oxygens (including phenoxy) is 1. The zero-order valence-corrected chi connectivity index (χ0v) is 18.8. The summed E-state index contributed by atoms with van der Waals surface area (Å²) in [6, 6.07) is 26.6. The molecule has 164 valence electrons. The van der Waals surface area contributed by atoms with Gasteiger partial charge < -0.3 is 14.7 Å². The van der Waals surface area contributed by atoms with E-state index in [4.69, 9.17) is 14.7 Å². The Bertz CT molecular complexity index is 1560. The first kappa shape index (κ1) is 21.0. The van der Waals surface area contributed by atoms with Crippen molar-refractivity contribution >= 4 is 45.6 Å². The first-order valence-corrected chi connectivity index (χ1v) is 10.5. The molecule has 0 saturated heterocycles. The van der Waals surface area contributed by atoms with E-state index >= 15 is 0 Å². The largest absolute Gasteiger partial charge is 0.494 e. The monoisotopic (exact) mass is 474 g/mol. The van der Waals surface area contributed by atoms with Crippen molar-refractivity contribution in [2.75, 3.05) is 7.11 Å². The Kier molecular flexibility index (Phi) is 5.45. The molecular formula is C27H20N4NiO. The molecule has 5 heterocycles. The minimum atomic E-state index is 0. The smallest absolute Gasteiger partial charge is 0.154 e. The molecule has 2 aliphatic heterocycles. The molecule has 3 aromatic heterocycles. The van der Waals surface area contributed by atoms with Crippen LogP contribution in [0.2, 0.25) is 0 Å². The van der Waals surface area contributed by atoms with Crippen LogP contribution in [0.25, 0.3) is 45.6 Å². The van der Waals surface area contributed by atoms with Gasteiger partial charge in [-0.25, -0.2) is 9.97 Å². The maximum atomic E-state index is 5.86. The fraction of sp³-hybridized carbons (Fsp3) is 0.0370. The van der Waals surface area contributed by atoms with Gasteiger partial charge in [0.15, 0.2) is 5.76 Å². The SMILES string of the molecule is COC1=C(c2ccccc2)c2cc3nc(cc4ccc(cc5ccc(cc1n2)[nH]5)[nH]4)C=C3.[Ni]. The molecule has 0 atom stereocenters. The molecule has 0 aliphatic carbocycles. The first-order valence-electron chi connectivity index (χ1n) is 10.5. The molecule has 0 amide bonds. The molecule has 5 nitrogen and oxygen atoms in total. The number of aromatic amines is 2. The summed E-state index contributed by atoms with van der Waals surface area (Å²) >= 11 is 0. The Morgan fingerprint density at radius 2 is 1.24 bits per heavy atom. The van der Waals surface area contributed by atoms with Crippen LogP contribution in [-0.4, -0.2) is 27.0 Å². The molecule has 1 aromatic carbocycles. The summed E-state index contributed by atoms with van der Waals surface area (Å²) in [5.74, 6) is 0.749. The van der Waals surface area contributed by atoms with E-state index in [0.29, 0.717) is 0 Å². The van der Waals surface area contributed by atoms with Crippen LogP contribution >= 0.6 is 0 Å². The van der Waals surface area contributed by atoms with Crippen LogP contribution in [0.4, 0.5) is 0 Å². The van der Waals surface area contributed by atoms with E-state index in [1.165, 1.54) is 0 Å². The quantitative estimate of drug-likeness (QED) is 0.306. The minimum absolute atomic E-state index is 0. The summed E-state index contributed by atoms with van der Waals surface area (Å²) in [6.45, 7) is 0. The Morgan fingerprint density at radius 1 is 0.636 bits per heavy atom. The molecule has 0 saturated carbocycles. The van der Waals surface area contributed by atoms with Gasteiger partial charge in [0.1, 0.15) is 5.69 Å². The van der Waals surface area contributed by atoms with Crippen LogP contribution in [0.15, 0.2) is 78.9 Å². The molecule has 6 heteroatoms. The van der Waals surface area contributed by atoms with Gasteiger partial charge >= 0.3 is 0 Å². The van der Waals surface area contributed by atoms with Crippen molar-refractivity contribution < 1.29 is 21.2 Å². The van der Waals surface area contributed by atoms with Crippen LogP contribution < -0.4 is 0 Å². The van der Waals surface area contributed by atoms with Crippen molar-refractivity contribution in [3.8, 4) is 0 Å². The normalized spacial score (nSPS) is 12.5. The van der Waals surface area contributed by atoms with Crippen molar-refractivity contribution in [1.82, 2.24) is 19.9 Å². The Balaban J connectivity index is 0.00000228. The third-order valence-corrected chi connectivity index (χ3v) is 5.56. The van der Waals surface area contributed by atoms with Crippen LogP contribution in [0.5, 0.6) is 0 Å². The summed E-state index contributed by atoms with van der Waals surface area (Å²) < 4.78 is 5.86. The Morgan fingerprint density at radius 3 is 1.91 bits per heavy atom. The first-order chi connectivity index (χ1) is 15.7.